The minimum absolute atomic E-state index is 0.0806. The summed E-state index contributed by atoms with van der Waals surface area (Å²) in [6, 6.07) is 4.58. The Morgan fingerprint density at radius 3 is 2.94 bits per heavy atom. The molecule has 0 bridgehead atoms. The van der Waals surface area contributed by atoms with Gasteiger partial charge in [-0.2, -0.15) is 0 Å². The van der Waals surface area contributed by atoms with Gasteiger partial charge in [-0.25, -0.2) is 4.39 Å². The molecule has 16 heavy (non-hydrogen) atoms. The van der Waals surface area contributed by atoms with Gasteiger partial charge in [-0.15, -0.1) is 0 Å². The third-order valence-corrected chi connectivity index (χ3v) is 2.57. The van der Waals surface area contributed by atoms with Crippen LogP contribution in [-0.4, -0.2) is 24.4 Å². The molecule has 0 saturated heterocycles. The van der Waals surface area contributed by atoms with Gasteiger partial charge in [-0.3, -0.25) is 0 Å². The molecule has 0 amide bonds. The van der Waals surface area contributed by atoms with Crippen molar-refractivity contribution in [2.75, 3.05) is 13.2 Å². The van der Waals surface area contributed by atoms with Crippen LogP contribution in [0.25, 0.3) is 0 Å². The summed E-state index contributed by atoms with van der Waals surface area (Å²) in [5.74, 6) is -0.458. The lowest BCUT2D eigenvalue weighted by Gasteiger charge is -2.12. The van der Waals surface area contributed by atoms with E-state index in [2.05, 4.69) is 0 Å². The smallest absolute Gasteiger partial charge is 0.142 e. The molecule has 0 heterocycles. The van der Waals surface area contributed by atoms with Crippen molar-refractivity contribution >= 4 is 11.6 Å². The monoisotopic (exact) mass is 246 g/mol. The van der Waals surface area contributed by atoms with Crippen LogP contribution in [-0.2, 0) is 11.2 Å². The van der Waals surface area contributed by atoms with Gasteiger partial charge in [-0.1, -0.05) is 30.7 Å². The summed E-state index contributed by atoms with van der Waals surface area (Å²) in [6.45, 7) is 2.87. The zero-order valence-corrected chi connectivity index (χ0v) is 10.0. The molecule has 0 fully saturated rings. The van der Waals surface area contributed by atoms with E-state index in [9.17, 15) is 9.50 Å². The van der Waals surface area contributed by atoms with Gasteiger partial charge in [0.15, 0.2) is 0 Å². The molecule has 1 aromatic rings. The number of aliphatic hydroxyl groups is 1. The fraction of sp³-hybridized carbons (Fsp3) is 0.500. The Balaban J connectivity index is 2.49. The zero-order chi connectivity index (χ0) is 12.0. The fourth-order valence-corrected chi connectivity index (χ4v) is 1.59. The molecule has 90 valence electrons. The van der Waals surface area contributed by atoms with Crippen LogP contribution in [0.15, 0.2) is 18.2 Å². The van der Waals surface area contributed by atoms with Crippen LogP contribution in [0.1, 0.15) is 18.9 Å². The second-order valence-corrected chi connectivity index (χ2v) is 4.02. The Bertz CT molecular complexity index is 331. The van der Waals surface area contributed by atoms with Gasteiger partial charge in [0.05, 0.1) is 17.7 Å². The van der Waals surface area contributed by atoms with Crippen molar-refractivity contribution in [1.82, 2.24) is 0 Å². The SMILES string of the molecule is CCCOCC(O)Cc1cccc(F)c1Cl. The van der Waals surface area contributed by atoms with Crippen LogP contribution < -0.4 is 0 Å². The maximum absolute atomic E-state index is 13.1. The average molecular weight is 247 g/mol. The van der Waals surface area contributed by atoms with Crippen LogP contribution >= 0.6 is 11.6 Å². The third kappa shape index (κ3) is 4.08. The van der Waals surface area contributed by atoms with Gasteiger partial charge in [0, 0.05) is 13.0 Å². The predicted octanol–water partition coefficient (Wildman–Crippen LogP) is 2.81. The van der Waals surface area contributed by atoms with Crippen molar-refractivity contribution in [3.8, 4) is 0 Å². The molecule has 1 unspecified atom stereocenters. The van der Waals surface area contributed by atoms with Gasteiger partial charge in [0.2, 0.25) is 0 Å². The van der Waals surface area contributed by atoms with Crippen LogP contribution in [0.4, 0.5) is 4.39 Å². The first-order valence-corrected chi connectivity index (χ1v) is 5.71. The molecule has 0 aliphatic rings. The molecule has 0 aliphatic heterocycles. The molecule has 0 saturated carbocycles. The molecular weight excluding hydrogens is 231 g/mol. The molecule has 1 rings (SSSR count). The third-order valence-electron chi connectivity index (χ3n) is 2.15. The lowest BCUT2D eigenvalue weighted by atomic mass is 10.1. The molecule has 0 aromatic heterocycles. The summed E-state index contributed by atoms with van der Waals surface area (Å²) < 4.78 is 18.3. The van der Waals surface area contributed by atoms with Crippen molar-refractivity contribution in [3.63, 3.8) is 0 Å². The Labute approximate surface area is 100.0 Å². The van der Waals surface area contributed by atoms with Gasteiger partial charge in [-0.05, 0) is 18.1 Å². The lowest BCUT2D eigenvalue weighted by molar-refractivity contribution is 0.0374. The van der Waals surface area contributed by atoms with E-state index in [0.717, 1.165) is 6.42 Å². The highest BCUT2D eigenvalue weighted by atomic mass is 35.5. The molecule has 2 nitrogen and oxygen atoms in total. The molecule has 1 aromatic carbocycles. The van der Waals surface area contributed by atoms with Crippen LogP contribution in [0.3, 0.4) is 0 Å². The first-order valence-electron chi connectivity index (χ1n) is 5.33. The molecular formula is C12H16ClFO2. The number of hydrogen-bond acceptors (Lipinski definition) is 2. The van der Waals surface area contributed by atoms with E-state index in [-0.39, 0.29) is 11.6 Å². The van der Waals surface area contributed by atoms with E-state index in [4.69, 9.17) is 16.3 Å². The minimum atomic E-state index is -0.647. The summed E-state index contributed by atoms with van der Waals surface area (Å²) in [5.41, 5.74) is 0.606. The lowest BCUT2D eigenvalue weighted by Crippen LogP contribution is -2.18. The highest BCUT2D eigenvalue weighted by molar-refractivity contribution is 6.31. The molecule has 1 N–H and O–H groups in total. The zero-order valence-electron chi connectivity index (χ0n) is 9.25. The van der Waals surface area contributed by atoms with E-state index in [1.165, 1.54) is 6.07 Å². The molecule has 1 atom stereocenters. The highest BCUT2D eigenvalue weighted by Gasteiger charge is 2.11. The van der Waals surface area contributed by atoms with Crippen molar-refractivity contribution in [2.24, 2.45) is 0 Å². The van der Waals surface area contributed by atoms with Gasteiger partial charge < -0.3 is 9.84 Å². The Hall–Kier alpha value is -0.640. The molecule has 0 radical (unpaired) electrons. The average Bonchev–Trinajstić information content (AvgIpc) is 2.25. The second kappa shape index (κ2) is 6.84. The minimum Gasteiger partial charge on any atom is -0.390 e. The fourth-order valence-electron chi connectivity index (χ4n) is 1.38. The maximum atomic E-state index is 13.1. The number of hydrogen-bond donors (Lipinski definition) is 1. The normalized spacial score (nSPS) is 12.8. The topological polar surface area (TPSA) is 29.5 Å². The van der Waals surface area contributed by atoms with E-state index in [1.807, 2.05) is 6.92 Å². The van der Waals surface area contributed by atoms with E-state index < -0.39 is 11.9 Å². The molecule has 4 heteroatoms. The summed E-state index contributed by atoms with van der Waals surface area (Å²) in [4.78, 5) is 0. The van der Waals surface area contributed by atoms with E-state index in [1.54, 1.807) is 12.1 Å². The Kier molecular flexibility index (Phi) is 5.74. The van der Waals surface area contributed by atoms with Crippen molar-refractivity contribution in [1.29, 1.82) is 0 Å². The van der Waals surface area contributed by atoms with E-state index >= 15 is 0 Å². The maximum Gasteiger partial charge on any atom is 0.142 e. The predicted molar refractivity (Wildman–Crippen MR) is 62.2 cm³/mol. The summed E-state index contributed by atoms with van der Waals surface area (Å²) in [6.07, 6.45) is 0.569. The molecule has 0 spiro atoms. The first kappa shape index (κ1) is 13.4. The van der Waals surface area contributed by atoms with Crippen LogP contribution in [0.5, 0.6) is 0 Å². The van der Waals surface area contributed by atoms with Crippen LogP contribution in [0, 0.1) is 5.82 Å². The van der Waals surface area contributed by atoms with Gasteiger partial charge in [0.25, 0.3) is 0 Å². The Morgan fingerprint density at radius 1 is 1.50 bits per heavy atom. The standard InChI is InChI=1S/C12H16ClFO2/c1-2-6-16-8-10(15)7-9-4-3-5-11(14)12(9)13/h3-5,10,15H,2,6-8H2,1H3. The second-order valence-electron chi connectivity index (χ2n) is 3.65. The van der Waals surface area contributed by atoms with Gasteiger partial charge >= 0.3 is 0 Å². The summed E-state index contributed by atoms with van der Waals surface area (Å²) in [5, 5.41) is 9.72. The summed E-state index contributed by atoms with van der Waals surface area (Å²) >= 11 is 5.77. The summed E-state index contributed by atoms with van der Waals surface area (Å²) in [7, 11) is 0. The number of halogens is 2. The van der Waals surface area contributed by atoms with E-state index in [0.29, 0.717) is 18.6 Å². The number of rotatable bonds is 6. The number of ether oxygens (including phenoxy) is 1. The number of benzene rings is 1. The quantitative estimate of drug-likeness (QED) is 0.783. The van der Waals surface area contributed by atoms with Gasteiger partial charge in [0.1, 0.15) is 5.82 Å². The van der Waals surface area contributed by atoms with Crippen molar-refractivity contribution < 1.29 is 14.2 Å². The largest absolute Gasteiger partial charge is 0.390 e. The molecule has 0 aliphatic carbocycles. The number of aliphatic hydroxyl groups excluding tert-OH is 1. The van der Waals surface area contributed by atoms with Crippen molar-refractivity contribution in [2.45, 2.75) is 25.9 Å². The van der Waals surface area contributed by atoms with Crippen molar-refractivity contribution in [3.05, 3.63) is 34.6 Å². The Morgan fingerprint density at radius 2 is 2.25 bits per heavy atom. The first-order chi connectivity index (χ1) is 7.65. The van der Waals surface area contributed by atoms with Crippen LogP contribution in [0.2, 0.25) is 5.02 Å². The highest BCUT2D eigenvalue weighted by Crippen LogP contribution is 2.20.